The molecule has 0 aromatic heterocycles. The second kappa shape index (κ2) is 2.48. The first kappa shape index (κ1) is 7.60. The van der Waals surface area contributed by atoms with Gasteiger partial charge in [0.1, 0.15) is 0 Å². The summed E-state index contributed by atoms with van der Waals surface area (Å²) in [5.74, 6) is 3.13. The van der Waals surface area contributed by atoms with Gasteiger partial charge in [0.2, 0.25) is 0 Å². The number of hydrogen-bond acceptors (Lipinski definition) is 1. The van der Waals surface area contributed by atoms with Crippen LogP contribution in [0.1, 0.15) is 26.2 Å². The van der Waals surface area contributed by atoms with Crippen LogP contribution in [0, 0.1) is 17.8 Å². The van der Waals surface area contributed by atoms with Gasteiger partial charge in [-0.2, -0.15) is 0 Å². The molecule has 2 saturated carbocycles. The summed E-state index contributed by atoms with van der Waals surface area (Å²) < 4.78 is 0. The van der Waals surface area contributed by atoms with E-state index in [0.29, 0.717) is 0 Å². The topological polar surface area (TPSA) is 3.24 Å². The molecule has 1 nitrogen and oxygen atoms in total. The van der Waals surface area contributed by atoms with Gasteiger partial charge < -0.3 is 4.90 Å². The van der Waals surface area contributed by atoms with Crippen molar-refractivity contribution in [3.8, 4) is 0 Å². The summed E-state index contributed by atoms with van der Waals surface area (Å²) >= 11 is 0. The molecule has 2 aliphatic rings. The van der Waals surface area contributed by atoms with Gasteiger partial charge in [-0.3, -0.25) is 0 Å². The summed E-state index contributed by atoms with van der Waals surface area (Å²) in [4.78, 5) is 2.41. The lowest BCUT2D eigenvalue weighted by Gasteiger charge is -2.26. The molecule has 0 radical (unpaired) electrons. The van der Waals surface area contributed by atoms with E-state index in [1.807, 2.05) is 0 Å². The number of rotatable bonds is 2. The van der Waals surface area contributed by atoms with Crippen molar-refractivity contribution in [3.63, 3.8) is 0 Å². The lowest BCUT2D eigenvalue weighted by atomic mass is 9.81. The van der Waals surface area contributed by atoms with Gasteiger partial charge in [0, 0.05) is 6.04 Å². The highest BCUT2D eigenvalue weighted by Gasteiger charge is 2.53. The summed E-state index contributed by atoms with van der Waals surface area (Å²) in [6.07, 6.45) is 4.52. The molecule has 2 fully saturated rings. The molecule has 3 atom stereocenters. The summed E-state index contributed by atoms with van der Waals surface area (Å²) in [7, 11) is 4.44. The van der Waals surface area contributed by atoms with Crippen LogP contribution in [0.3, 0.4) is 0 Å². The van der Waals surface area contributed by atoms with E-state index in [9.17, 15) is 0 Å². The van der Waals surface area contributed by atoms with E-state index in [2.05, 4.69) is 25.9 Å². The zero-order valence-corrected chi connectivity index (χ0v) is 7.88. The second-order valence-electron chi connectivity index (χ2n) is 4.58. The first-order valence-corrected chi connectivity index (χ1v) is 4.88. The highest BCUT2D eigenvalue weighted by Crippen LogP contribution is 2.53. The molecule has 0 saturated heterocycles. The SMILES string of the molecule is CC1C(C2CCC2)C1N(C)C. The third-order valence-electron chi connectivity index (χ3n) is 3.69. The maximum Gasteiger partial charge on any atom is 0.0152 e. The van der Waals surface area contributed by atoms with Crippen LogP contribution in [0.2, 0.25) is 0 Å². The zero-order chi connectivity index (χ0) is 8.01. The Kier molecular flexibility index (Phi) is 1.71. The largest absolute Gasteiger partial charge is 0.306 e. The van der Waals surface area contributed by atoms with Crippen LogP contribution in [0.5, 0.6) is 0 Å². The van der Waals surface area contributed by atoms with Crippen LogP contribution < -0.4 is 0 Å². The van der Waals surface area contributed by atoms with Gasteiger partial charge in [-0.25, -0.2) is 0 Å². The van der Waals surface area contributed by atoms with Crippen molar-refractivity contribution in [2.45, 2.75) is 32.2 Å². The molecular weight excluding hydrogens is 134 g/mol. The molecule has 0 aliphatic heterocycles. The lowest BCUT2D eigenvalue weighted by molar-refractivity contribution is 0.242. The van der Waals surface area contributed by atoms with Crippen molar-refractivity contribution in [1.29, 1.82) is 0 Å². The fourth-order valence-electron chi connectivity index (χ4n) is 2.82. The van der Waals surface area contributed by atoms with Gasteiger partial charge >= 0.3 is 0 Å². The highest BCUT2D eigenvalue weighted by atomic mass is 15.1. The minimum atomic E-state index is 0.917. The molecule has 0 aromatic rings. The molecule has 64 valence electrons. The predicted octanol–water partition coefficient (Wildman–Crippen LogP) is 1.98. The van der Waals surface area contributed by atoms with E-state index in [4.69, 9.17) is 0 Å². The quantitative estimate of drug-likeness (QED) is 0.586. The zero-order valence-electron chi connectivity index (χ0n) is 7.88. The average molecular weight is 153 g/mol. The fraction of sp³-hybridized carbons (Fsp3) is 1.00. The molecule has 0 heterocycles. The van der Waals surface area contributed by atoms with E-state index in [0.717, 1.165) is 23.8 Å². The first-order chi connectivity index (χ1) is 5.22. The normalized spacial score (nSPS) is 44.2. The first-order valence-electron chi connectivity index (χ1n) is 4.88. The fourth-order valence-corrected chi connectivity index (χ4v) is 2.82. The van der Waals surface area contributed by atoms with Crippen LogP contribution in [0.15, 0.2) is 0 Å². The highest BCUT2D eigenvalue weighted by molar-refractivity contribution is 5.05. The number of hydrogen-bond donors (Lipinski definition) is 0. The summed E-state index contributed by atoms with van der Waals surface area (Å²) in [5.41, 5.74) is 0. The van der Waals surface area contributed by atoms with Crippen molar-refractivity contribution < 1.29 is 0 Å². The Hall–Kier alpha value is -0.0400. The molecule has 0 N–H and O–H groups in total. The Morgan fingerprint density at radius 1 is 1.18 bits per heavy atom. The van der Waals surface area contributed by atoms with Crippen LogP contribution in [0.25, 0.3) is 0 Å². The summed E-state index contributed by atoms with van der Waals surface area (Å²) in [6.45, 7) is 2.41. The Morgan fingerprint density at radius 2 is 1.82 bits per heavy atom. The van der Waals surface area contributed by atoms with Crippen molar-refractivity contribution >= 4 is 0 Å². The minimum Gasteiger partial charge on any atom is -0.306 e. The van der Waals surface area contributed by atoms with E-state index in [1.54, 1.807) is 0 Å². The van der Waals surface area contributed by atoms with E-state index < -0.39 is 0 Å². The second-order valence-corrected chi connectivity index (χ2v) is 4.58. The van der Waals surface area contributed by atoms with Gasteiger partial charge in [-0.05, 0) is 31.8 Å². The monoisotopic (exact) mass is 153 g/mol. The van der Waals surface area contributed by atoms with Crippen LogP contribution in [-0.2, 0) is 0 Å². The van der Waals surface area contributed by atoms with E-state index in [-0.39, 0.29) is 0 Å². The molecule has 0 bridgehead atoms. The maximum absolute atomic E-state index is 2.41. The van der Waals surface area contributed by atoms with Gasteiger partial charge in [0.05, 0.1) is 0 Å². The van der Waals surface area contributed by atoms with Gasteiger partial charge in [-0.1, -0.05) is 26.2 Å². The Labute approximate surface area is 69.8 Å². The van der Waals surface area contributed by atoms with Gasteiger partial charge in [-0.15, -0.1) is 0 Å². The van der Waals surface area contributed by atoms with Gasteiger partial charge in [0.25, 0.3) is 0 Å². The molecule has 11 heavy (non-hydrogen) atoms. The Morgan fingerprint density at radius 3 is 2.09 bits per heavy atom. The third-order valence-corrected chi connectivity index (χ3v) is 3.69. The van der Waals surface area contributed by atoms with Crippen LogP contribution in [0.4, 0.5) is 0 Å². The number of nitrogens with zero attached hydrogens (tertiary/aromatic N) is 1. The molecule has 0 spiro atoms. The van der Waals surface area contributed by atoms with Crippen molar-refractivity contribution in [2.24, 2.45) is 17.8 Å². The molecule has 3 unspecified atom stereocenters. The Bertz CT molecular complexity index is 149. The van der Waals surface area contributed by atoms with Crippen LogP contribution in [-0.4, -0.2) is 25.0 Å². The molecular formula is C10H19N. The molecule has 2 aliphatic carbocycles. The molecule has 0 amide bonds. The van der Waals surface area contributed by atoms with Crippen molar-refractivity contribution in [3.05, 3.63) is 0 Å². The van der Waals surface area contributed by atoms with E-state index in [1.165, 1.54) is 19.3 Å². The van der Waals surface area contributed by atoms with Crippen molar-refractivity contribution in [1.82, 2.24) is 4.90 Å². The maximum atomic E-state index is 2.41. The standard InChI is InChI=1S/C10H19N/c1-7-9(8-5-4-6-8)10(7)11(2)3/h7-10H,4-6H2,1-3H3. The van der Waals surface area contributed by atoms with E-state index >= 15 is 0 Å². The van der Waals surface area contributed by atoms with Gasteiger partial charge in [0.15, 0.2) is 0 Å². The molecule has 1 heteroatoms. The Balaban J connectivity index is 1.88. The lowest BCUT2D eigenvalue weighted by Crippen LogP contribution is -2.22. The third kappa shape index (κ3) is 1.10. The summed E-state index contributed by atoms with van der Waals surface area (Å²) in [6, 6.07) is 0.917. The predicted molar refractivity (Wildman–Crippen MR) is 47.5 cm³/mol. The molecule has 0 aromatic carbocycles. The molecule has 2 rings (SSSR count). The summed E-state index contributed by atoms with van der Waals surface area (Å²) in [5, 5.41) is 0. The smallest absolute Gasteiger partial charge is 0.0152 e. The van der Waals surface area contributed by atoms with Crippen LogP contribution >= 0.6 is 0 Å². The minimum absolute atomic E-state index is 0.917. The van der Waals surface area contributed by atoms with Crippen molar-refractivity contribution in [2.75, 3.05) is 14.1 Å². The average Bonchev–Trinajstić information content (AvgIpc) is 2.37.